The third-order valence-electron chi connectivity index (χ3n) is 4.25. The zero-order valence-electron chi connectivity index (χ0n) is 15.4. The Morgan fingerprint density at radius 3 is 2.57 bits per heavy atom. The highest BCUT2D eigenvalue weighted by Crippen LogP contribution is 2.30. The highest BCUT2D eigenvalue weighted by Gasteiger charge is 2.30. The topological polar surface area (TPSA) is 42.0 Å². The van der Waals surface area contributed by atoms with Crippen molar-refractivity contribution in [3.8, 4) is 10.6 Å². The molecule has 0 spiro atoms. The van der Waals surface area contributed by atoms with Gasteiger partial charge in [-0.2, -0.15) is 13.2 Å². The average Bonchev–Trinajstić information content (AvgIpc) is 3.02. The number of hydrogen-bond acceptors (Lipinski definition) is 3. The van der Waals surface area contributed by atoms with E-state index in [1.807, 2.05) is 32.0 Å². The number of alkyl halides is 3. The first-order valence-corrected chi connectivity index (χ1v) is 9.54. The van der Waals surface area contributed by atoms with Crippen LogP contribution in [0.25, 0.3) is 10.6 Å². The van der Waals surface area contributed by atoms with E-state index in [1.165, 1.54) is 12.1 Å². The van der Waals surface area contributed by atoms with Crippen molar-refractivity contribution in [1.82, 2.24) is 10.3 Å². The molecule has 0 fully saturated rings. The molecule has 2 aromatic carbocycles. The first kappa shape index (κ1) is 20.1. The van der Waals surface area contributed by atoms with Crippen LogP contribution in [0.3, 0.4) is 0 Å². The van der Waals surface area contributed by atoms with E-state index in [2.05, 4.69) is 16.4 Å². The van der Waals surface area contributed by atoms with E-state index in [1.54, 1.807) is 11.3 Å². The fraction of sp³-hybridized carbons (Fsp3) is 0.238. The molecule has 0 unspecified atom stereocenters. The number of carbonyl (C=O) groups is 1. The number of thiazole rings is 1. The molecule has 3 aromatic rings. The highest BCUT2D eigenvalue weighted by molar-refractivity contribution is 7.15. The third kappa shape index (κ3) is 4.78. The van der Waals surface area contributed by atoms with Crippen molar-refractivity contribution in [2.24, 2.45) is 0 Å². The molecule has 1 heterocycles. The quantitative estimate of drug-likeness (QED) is 0.617. The zero-order valence-corrected chi connectivity index (χ0v) is 16.2. The molecule has 3 nitrogen and oxygen atoms in total. The molecular formula is C21H19F3N2OS. The normalized spacial score (nSPS) is 11.5. The van der Waals surface area contributed by atoms with Crippen LogP contribution in [0.2, 0.25) is 0 Å². The Kier molecular flexibility index (Phi) is 5.84. The van der Waals surface area contributed by atoms with Crippen molar-refractivity contribution < 1.29 is 18.0 Å². The van der Waals surface area contributed by atoms with Crippen molar-refractivity contribution in [1.29, 1.82) is 0 Å². The number of rotatable bonds is 5. The van der Waals surface area contributed by atoms with Gasteiger partial charge in [-0.3, -0.25) is 4.79 Å². The summed E-state index contributed by atoms with van der Waals surface area (Å²) in [7, 11) is 0. The van der Waals surface area contributed by atoms with Crippen molar-refractivity contribution in [3.05, 3.63) is 75.8 Å². The number of nitrogens with zero attached hydrogens (tertiary/aromatic N) is 1. The van der Waals surface area contributed by atoms with Gasteiger partial charge in [-0.25, -0.2) is 4.98 Å². The van der Waals surface area contributed by atoms with Gasteiger partial charge in [-0.1, -0.05) is 29.8 Å². The molecule has 1 aromatic heterocycles. The summed E-state index contributed by atoms with van der Waals surface area (Å²) >= 11 is 1.56. The maximum atomic E-state index is 12.8. The Morgan fingerprint density at radius 1 is 1.11 bits per heavy atom. The number of amides is 1. The standard InChI is InChI=1S/C21H19F3N2OS/c1-13-5-3-7-16(11-13)20-26-14(2)18(28-20)9-10-25-19(27)15-6-4-8-17(12-15)21(22,23)24/h3-8,11-12H,9-10H2,1-2H3,(H,25,27). The minimum absolute atomic E-state index is 0.00342. The summed E-state index contributed by atoms with van der Waals surface area (Å²) in [5.41, 5.74) is 2.26. The van der Waals surface area contributed by atoms with Gasteiger partial charge in [0.1, 0.15) is 5.01 Å². The number of benzene rings is 2. The van der Waals surface area contributed by atoms with E-state index in [0.717, 1.165) is 38.8 Å². The number of carbonyl (C=O) groups excluding carboxylic acids is 1. The van der Waals surface area contributed by atoms with E-state index in [-0.39, 0.29) is 5.56 Å². The molecule has 146 valence electrons. The van der Waals surface area contributed by atoms with Gasteiger partial charge in [0.2, 0.25) is 0 Å². The number of nitrogens with one attached hydrogen (secondary N) is 1. The minimum atomic E-state index is -4.47. The van der Waals surface area contributed by atoms with Crippen LogP contribution in [-0.2, 0) is 12.6 Å². The van der Waals surface area contributed by atoms with Crippen LogP contribution in [0.5, 0.6) is 0 Å². The van der Waals surface area contributed by atoms with Gasteiger partial charge in [0.25, 0.3) is 5.91 Å². The van der Waals surface area contributed by atoms with Gasteiger partial charge in [0.15, 0.2) is 0 Å². The van der Waals surface area contributed by atoms with E-state index >= 15 is 0 Å². The van der Waals surface area contributed by atoms with Crippen molar-refractivity contribution in [2.75, 3.05) is 6.54 Å². The lowest BCUT2D eigenvalue weighted by Crippen LogP contribution is -2.26. The van der Waals surface area contributed by atoms with E-state index in [4.69, 9.17) is 0 Å². The van der Waals surface area contributed by atoms with Crippen LogP contribution in [0.4, 0.5) is 13.2 Å². The smallest absolute Gasteiger partial charge is 0.352 e. The van der Waals surface area contributed by atoms with Crippen molar-refractivity contribution in [3.63, 3.8) is 0 Å². The average molecular weight is 404 g/mol. The third-order valence-corrected chi connectivity index (χ3v) is 5.51. The van der Waals surface area contributed by atoms with E-state index in [0.29, 0.717) is 13.0 Å². The first-order valence-electron chi connectivity index (χ1n) is 8.73. The predicted octanol–water partition coefficient (Wildman–Crippen LogP) is 5.42. The van der Waals surface area contributed by atoms with Crippen molar-refractivity contribution >= 4 is 17.2 Å². The second kappa shape index (κ2) is 8.14. The van der Waals surface area contributed by atoms with Gasteiger partial charge >= 0.3 is 6.18 Å². The largest absolute Gasteiger partial charge is 0.416 e. The van der Waals surface area contributed by atoms with Crippen LogP contribution in [-0.4, -0.2) is 17.4 Å². The van der Waals surface area contributed by atoms with Crippen molar-refractivity contribution in [2.45, 2.75) is 26.4 Å². The number of aryl methyl sites for hydroxylation is 2. The fourth-order valence-corrected chi connectivity index (χ4v) is 3.85. The molecular weight excluding hydrogens is 385 g/mol. The molecule has 1 amide bonds. The van der Waals surface area contributed by atoms with Crippen LogP contribution in [0.1, 0.15) is 32.1 Å². The molecule has 0 bridgehead atoms. The number of halogens is 3. The highest BCUT2D eigenvalue weighted by atomic mass is 32.1. The van der Waals surface area contributed by atoms with E-state index < -0.39 is 17.6 Å². The molecule has 0 radical (unpaired) electrons. The zero-order chi connectivity index (χ0) is 20.3. The lowest BCUT2D eigenvalue weighted by molar-refractivity contribution is -0.137. The summed E-state index contributed by atoms with van der Waals surface area (Å²) in [6, 6.07) is 12.5. The van der Waals surface area contributed by atoms with Gasteiger partial charge in [0, 0.05) is 29.0 Å². The van der Waals surface area contributed by atoms with Gasteiger partial charge < -0.3 is 5.32 Å². The monoisotopic (exact) mass is 404 g/mol. The van der Waals surface area contributed by atoms with E-state index in [9.17, 15) is 18.0 Å². The molecule has 0 aliphatic carbocycles. The Bertz CT molecular complexity index is 995. The van der Waals surface area contributed by atoms with Crippen LogP contribution >= 0.6 is 11.3 Å². The Morgan fingerprint density at radius 2 is 1.86 bits per heavy atom. The summed E-state index contributed by atoms with van der Waals surface area (Å²) in [4.78, 5) is 17.8. The molecule has 3 rings (SSSR count). The predicted molar refractivity (Wildman–Crippen MR) is 105 cm³/mol. The molecule has 7 heteroatoms. The SMILES string of the molecule is Cc1cccc(-c2nc(C)c(CCNC(=O)c3cccc(C(F)(F)F)c3)s2)c1. The number of aromatic nitrogens is 1. The van der Waals surface area contributed by atoms with Crippen LogP contribution in [0, 0.1) is 13.8 Å². The molecule has 0 saturated carbocycles. The van der Waals surface area contributed by atoms with Crippen LogP contribution < -0.4 is 5.32 Å². The summed E-state index contributed by atoms with van der Waals surface area (Å²) in [5, 5.41) is 3.60. The molecule has 0 saturated heterocycles. The summed E-state index contributed by atoms with van der Waals surface area (Å²) in [6.45, 7) is 4.26. The first-order chi connectivity index (χ1) is 13.2. The Balaban J connectivity index is 1.63. The molecule has 0 atom stereocenters. The molecule has 28 heavy (non-hydrogen) atoms. The Hall–Kier alpha value is -2.67. The van der Waals surface area contributed by atoms with Gasteiger partial charge in [-0.05, 0) is 38.1 Å². The molecule has 0 aliphatic heterocycles. The minimum Gasteiger partial charge on any atom is -0.352 e. The number of hydrogen-bond donors (Lipinski definition) is 1. The lowest BCUT2D eigenvalue weighted by Gasteiger charge is -2.09. The summed E-state index contributed by atoms with van der Waals surface area (Å²) < 4.78 is 38.3. The van der Waals surface area contributed by atoms with Crippen LogP contribution in [0.15, 0.2) is 48.5 Å². The maximum Gasteiger partial charge on any atom is 0.416 e. The summed E-state index contributed by atoms with van der Waals surface area (Å²) in [6.07, 6.45) is -3.90. The lowest BCUT2D eigenvalue weighted by atomic mass is 10.1. The van der Waals surface area contributed by atoms with Gasteiger partial charge in [0.05, 0.1) is 11.3 Å². The second-order valence-corrected chi connectivity index (χ2v) is 7.57. The molecule has 1 N–H and O–H groups in total. The summed E-state index contributed by atoms with van der Waals surface area (Å²) in [5.74, 6) is -0.521. The van der Waals surface area contributed by atoms with Gasteiger partial charge in [-0.15, -0.1) is 11.3 Å². The Labute approximate surface area is 165 Å². The molecule has 0 aliphatic rings. The second-order valence-electron chi connectivity index (χ2n) is 6.48. The maximum absolute atomic E-state index is 12.8. The fourth-order valence-electron chi connectivity index (χ4n) is 2.79.